The number of pyridine rings is 2. The zero-order chi connectivity index (χ0) is 19.6. The molecule has 146 valence electrons. The highest BCUT2D eigenvalue weighted by molar-refractivity contribution is 5.94. The second-order valence-corrected chi connectivity index (χ2v) is 7.71. The van der Waals surface area contributed by atoms with Crippen molar-refractivity contribution in [1.82, 2.24) is 9.97 Å². The van der Waals surface area contributed by atoms with Crippen LogP contribution in [0.1, 0.15) is 18.4 Å². The van der Waals surface area contributed by atoms with E-state index in [2.05, 4.69) is 22.2 Å². The highest BCUT2D eigenvalue weighted by Gasteiger charge is 2.72. The van der Waals surface area contributed by atoms with Crippen LogP contribution in [0.3, 0.4) is 0 Å². The fraction of sp³-hybridized carbons (Fsp3) is 0.450. The molecule has 2 aromatic rings. The van der Waals surface area contributed by atoms with Gasteiger partial charge < -0.3 is 14.8 Å². The van der Waals surface area contributed by atoms with Crippen molar-refractivity contribution in [1.29, 1.82) is 0 Å². The number of hydrogen-bond acceptors (Lipinski definition) is 5. The Morgan fingerprint density at radius 3 is 2.68 bits per heavy atom. The van der Waals surface area contributed by atoms with Gasteiger partial charge in [0, 0.05) is 23.7 Å². The zero-order valence-electron chi connectivity index (χ0n) is 15.3. The summed E-state index contributed by atoms with van der Waals surface area (Å²) in [5, 5.41) is 2.84. The fourth-order valence-electron chi connectivity index (χ4n) is 5.15. The Morgan fingerprint density at radius 2 is 1.96 bits per heavy atom. The van der Waals surface area contributed by atoms with E-state index < -0.39 is 23.6 Å². The minimum Gasteiger partial charge on any atom is -0.481 e. The minimum atomic E-state index is -1.15. The fourth-order valence-corrected chi connectivity index (χ4v) is 5.15. The number of carbonyl (C=O) groups is 1. The van der Waals surface area contributed by atoms with Crippen molar-refractivity contribution in [3.05, 3.63) is 47.9 Å². The molecule has 28 heavy (non-hydrogen) atoms. The maximum absolute atomic E-state index is 14.5. The predicted octanol–water partition coefficient (Wildman–Crippen LogP) is 2.77. The minimum absolute atomic E-state index is 0.158. The Bertz CT molecular complexity index is 939. The molecule has 1 aliphatic carbocycles. The molecule has 1 N–H and O–H groups in total. The van der Waals surface area contributed by atoms with E-state index in [1.54, 1.807) is 12.1 Å². The average Bonchev–Trinajstić information content (AvgIpc) is 3.06. The van der Waals surface area contributed by atoms with Crippen molar-refractivity contribution in [2.45, 2.75) is 25.0 Å². The van der Waals surface area contributed by atoms with Gasteiger partial charge in [-0.3, -0.25) is 4.79 Å². The van der Waals surface area contributed by atoms with Gasteiger partial charge in [-0.1, -0.05) is 6.92 Å². The van der Waals surface area contributed by atoms with Gasteiger partial charge in [0.25, 0.3) is 0 Å². The predicted molar refractivity (Wildman–Crippen MR) is 94.6 cm³/mol. The molecule has 4 heterocycles. The van der Waals surface area contributed by atoms with Crippen LogP contribution in [0.5, 0.6) is 5.88 Å². The Hall–Kier alpha value is -2.61. The summed E-state index contributed by atoms with van der Waals surface area (Å²) in [7, 11) is 1.51. The smallest absolute Gasteiger partial charge is 0.249 e. The van der Waals surface area contributed by atoms with Crippen molar-refractivity contribution in [3.8, 4) is 5.88 Å². The number of nitrogens with zero attached hydrogens (tertiary/aromatic N) is 2. The summed E-state index contributed by atoms with van der Waals surface area (Å²) in [4.78, 5) is 20.6. The van der Waals surface area contributed by atoms with Crippen molar-refractivity contribution in [3.63, 3.8) is 0 Å². The van der Waals surface area contributed by atoms with E-state index in [1.807, 2.05) is 0 Å². The lowest BCUT2D eigenvalue weighted by Crippen LogP contribution is -2.37. The summed E-state index contributed by atoms with van der Waals surface area (Å²) in [6.07, 6.45) is 2.15. The number of halogens is 2. The number of ether oxygens (including phenoxy) is 2. The molecule has 3 aliphatic rings. The van der Waals surface area contributed by atoms with Gasteiger partial charge in [0.1, 0.15) is 0 Å². The number of anilines is 1. The SMILES string of the molecule is COc1ccc(NC(=O)[C@@H]2[C@@H](c3ccnc(F)c3F)[C@H]3O[C@@H]2C2C3[C@H]2C)cn1. The van der Waals surface area contributed by atoms with Gasteiger partial charge in [-0.05, 0) is 29.9 Å². The maximum atomic E-state index is 14.5. The molecule has 0 radical (unpaired) electrons. The monoisotopic (exact) mass is 387 g/mol. The third kappa shape index (κ3) is 2.44. The van der Waals surface area contributed by atoms with Crippen molar-refractivity contribution >= 4 is 11.6 Å². The zero-order valence-corrected chi connectivity index (χ0v) is 15.3. The number of amides is 1. The molecular formula is C20H19F2N3O3. The van der Waals surface area contributed by atoms with Crippen LogP contribution >= 0.6 is 0 Å². The lowest BCUT2D eigenvalue weighted by atomic mass is 9.75. The first-order chi connectivity index (χ1) is 13.5. The van der Waals surface area contributed by atoms with Crippen LogP contribution in [0.2, 0.25) is 0 Å². The second-order valence-electron chi connectivity index (χ2n) is 7.71. The van der Waals surface area contributed by atoms with Crippen LogP contribution in [0, 0.1) is 35.4 Å². The van der Waals surface area contributed by atoms with E-state index in [1.165, 1.54) is 25.6 Å². The summed E-state index contributed by atoms with van der Waals surface area (Å²) in [6, 6.07) is 4.77. The number of rotatable bonds is 4. The first kappa shape index (κ1) is 17.5. The van der Waals surface area contributed by atoms with Crippen molar-refractivity contribution < 1.29 is 23.0 Å². The van der Waals surface area contributed by atoms with E-state index in [0.29, 0.717) is 23.4 Å². The molecule has 5 rings (SSSR count). The highest BCUT2D eigenvalue weighted by atomic mass is 19.2. The summed E-state index contributed by atoms with van der Waals surface area (Å²) < 4.78 is 39.4. The van der Waals surface area contributed by atoms with E-state index in [9.17, 15) is 13.6 Å². The number of hydrogen-bond donors (Lipinski definition) is 1. The molecule has 3 fully saturated rings. The molecule has 8 heteroatoms. The topological polar surface area (TPSA) is 73.3 Å². The third-order valence-electron chi connectivity index (χ3n) is 6.44. The van der Waals surface area contributed by atoms with E-state index in [0.717, 1.165) is 0 Å². The van der Waals surface area contributed by atoms with Gasteiger partial charge in [-0.25, -0.2) is 14.4 Å². The van der Waals surface area contributed by atoms with E-state index >= 15 is 0 Å². The first-order valence-electron chi connectivity index (χ1n) is 9.27. The number of aromatic nitrogens is 2. The van der Waals surface area contributed by atoms with Gasteiger partial charge in [0.15, 0.2) is 5.82 Å². The summed E-state index contributed by atoms with van der Waals surface area (Å²) >= 11 is 0. The Labute approximate surface area is 160 Å². The number of fused-ring (bicyclic) bond motifs is 5. The van der Waals surface area contributed by atoms with Crippen molar-refractivity contribution in [2.75, 3.05) is 12.4 Å². The summed E-state index contributed by atoms with van der Waals surface area (Å²) in [5.74, 6) is -2.15. The molecule has 1 amide bonds. The van der Waals surface area contributed by atoms with Crippen LogP contribution in [0.4, 0.5) is 14.5 Å². The maximum Gasteiger partial charge on any atom is 0.249 e. The Morgan fingerprint density at radius 1 is 1.18 bits per heavy atom. The Balaban J connectivity index is 1.47. The van der Waals surface area contributed by atoms with Gasteiger partial charge in [0.05, 0.1) is 37.1 Å². The highest BCUT2D eigenvalue weighted by Crippen LogP contribution is 2.68. The third-order valence-corrected chi connectivity index (χ3v) is 6.44. The van der Waals surface area contributed by atoms with Gasteiger partial charge in [-0.2, -0.15) is 4.39 Å². The average molecular weight is 387 g/mol. The van der Waals surface area contributed by atoms with Crippen molar-refractivity contribution in [2.24, 2.45) is 23.7 Å². The van der Waals surface area contributed by atoms with E-state index in [-0.39, 0.29) is 29.6 Å². The molecule has 2 aliphatic heterocycles. The van der Waals surface area contributed by atoms with Crippen LogP contribution < -0.4 is 10.1 Å². The lowest BCUT2D eigenvalue weighted by Gasteiger charge is -2.27. The molecule has 2 bridgehead atoms. The molecule has 0 aromatic carbocycles. The summed E-state index contributed by atoms with van der Waals surface area (Å²) in [6.45, 7) is 2.12. The first-order valence-corrected chi connectivity index (χ1v) is 9.27. The quantitative estimate of drug-likeness (QED) is 0.817. The van der Waals surface area contributed by atoms with E-state index in [4.69, 9.17) is 9.47 Å². The van der Waals surface area contributed by atoms with Gasteiger partial charge in [-0.15, -0.1) is 0 Å². The lowest BCUT2D eigenvalue weighted by molar-refractivity contribution is -0.122. The normalized spacial score (nSPS) is 34.8. The van der Waals surface area contributed by atoms with Gasteiger partial charge in [0.2, 0.25) is 17.7 Å². The summed E-state index contributed by atoms with van der Waals surface area (Å²) in [5.41, 5.74) is 0.666. The molecule has 2 saturated heterocycles. The molecular weight excluding hydrogens is 368 g/mol. The molecule has 2 unspecified atom stereocenters. The molecule has 2 aromatic heterocycles. The van der Waals surface area contributed by atoms with Crippen LogP contribution in [0.15, 0.2) is 30.6 Å². The number of carbonyl (C=O) groups excluding carboxylic acids is 1. The number of methoxy groups -OCH3 is 1. The molecule has 0 spiro atoms. The number of nitrogens with one attached hydrogen (secondary N) is 1. The molecule has 6 nitrogen and oxygen atoms in total. The van der Waals surface area contributed by atoms with Gasteiger partial charge >= 0.3 is 0 Å². The second kappa shape index (κ2) is 6.20. The van der Waals surface area contributed by atoms with Crippen LogP contribution in [-0.2, 0) is 9.53 Å². The largest absolute Gasteiger partial charge is 0.481 e. The Kier molecular flexibility index (Phi) is 3.87. The van der Waals surface area contributed by atoms with Crippen LogP contribution in [-0.4, -0.2) is 35.2 Å². The standard InChI is InChI=1S/C20H19F2N3O3/c1-8-12-13(8)18-15(20(26)25-9-3-4-11(27-2)24-7-9)14(17(12)28-18)10-5-6-23-19(22)16(10)21/h3-8,12-15,17-18H,1-2H3,(H,25,26)/t8-,12?,13?,14-,15-,17+,18-/m1/s1. The molecule has 1 saturated carbocycles. The molecule has 7 atom stereocenters. The van der Waals surface area contributed by atoms with Crippen LogP contribution in [0.25, 0.3) is 0 Å².